The summed E-state index contributed by atoms with van der Waals surface area (Å²) in [6.07, 6.45) is 1.76. The molecule has 2 N–H and O–H groups in total. The molecular weight excluding hydrogens is 212 g/mol. The maximum absolute atomic E-state index is 11.5. The fourth-order valence-corrected chi connectivity index (χ4v) is 1.10. The highest BCUT2D eigenvalue weighted by atomic mass is 16.5. The summed E-state index contributed by atoms with van der Waals surface area (Å²) in [4.78, 5) is 11.5. The predicted molar refractivity (Wildman–Crippen MR) is 56.0 cm³/mol. The van der Waals surface area contributed by atoms with Gasteiger partial charge in [0.1, 0.15) is 6.26 Å². The molecular formula is C10H16N2O4. The number of nitrogens with one attached hydrogen (secondary N) is 1. The summed E-state index contributed by atoms with van der Waals surface area (Å²) in [5.41, 5.74) is -0.794. The Labute approximate surface area is 93.6 Å². The molecule has 0 saturated heterocycles. The Morgan fingerprint density at radius 3 is 3.06 bits per heavy atom. The van der Waals surface area contributed by atoms with Crippen LogP contribution in [-0.2, 0) is 4.74 Å². The first-order valence-electron chi connectivity index (χ1n) is 4.95. The van der Waals surface area contributed by atoms with Gasteiger partial charge in [0.15, 0.2) is 5.69 Å². The topological polar surface area (TPSA) is 84.6 Å². The van der Waals surface area contributed by atoms with Crippen LogP contribution in [0.25, 0.3) is 0 Å². The van der Waals surface area contributed by atoms with E-state index in [1.807, 2.05) is 0 Å². The molecule has 1 unspecified atom stereocenters. The van der Waals surface area contributed by atoms with E-state index in [1.165, 1.54) is 12.3 Å². The van der Waals surface area contributed by atoms with Crippen LogP contribution in [0.4, 0.5) is 0 Å². The molecule has 1 atom stereocenters. The van der Waals surface area contributed by atoms with Gasteiger partial charge in [-0.15, -0.1) is 0 Å². The third kappa shape index (κ3) is 4.00. The Hall–Kier alpha value is -1.40. The van der Waals surface area contributed by atoms with Crippen LogP contribution in [-0.4, -0.2) is 42.0 Å². The molecule has 0 radical (unpaired) electrons. The molecule has 0 saturated carbocycles. The summed E-state index contributed by atoms with van der Waals surface area (Å²) in [6.45, 7) is 2.21. The van der Waals surface area contributed by atoms with Crippen molar-refractivity contribution < 1.29 is 19.2 Å². The number of nitrogens with zero attached hydrogens (tertiary/aromatic N) is 1. The number of carbonyl (C=O) groups is 1. The van der Waals surface area contributed by atoms with Crippen LogP contribution in [0.15, 0.2) is 16.9 Å². The van der Waals surface area contributed by atoms with E-state index in [0.29, 0.717) is 13.0 Å². The van der Waals surface area contributed by atoms with Gasteiger partial charge in [0, 0.05) is 32.7 Å². The SMILES string of the molecule is COCCC(C)(O)CNC(=O)c1ccon1. The Bertz CT molecular complexity index is 322. The third-order valence-corrected chi connectivity index (χ3v) is 2.15. The number of methoxy groups -OCH3 is 1. The van der Waals surface area contributed by atoms with E-state index in [4.69, 9.17) is 4.74 Å². The second-order valence-corrected chi connectivity index (χ2v) is 3.81. The highest BCUT2D eigenvalue weighted by Gasteiger charge is 2.21. The lowest BCUT2D eigenvalue weighted by molar-refractivity contribution is 0.0242. The average molecular weight is 228 g/mol. The zero-order valence-electron chi connectivity index (χ0n) is 9.40. The maximum atomic E-state index is 11.5. The van der Waals surface area contributed by atoms with Crippen LogP contribution in [0.1, 0.15) is 23.8 Å². The van der Waals surface area contributed by atoms with Crippen molar-refractivity contribution in [2.75, 3.05) is 20.3 Å². The van der Waals surface area contributed by atoms with Crippen LogP contribution < -0.4 is 5.32 Å². The number of hydrogen-bond acceptors (Lipinski definition) is 5. The Morgan fingerprint density at radius 1 is 1.75 bits per heavy atom. The summed E-state index contributed by atoms with van der Waals surface area (Å²) in [5.74, 6) is -0.369. The van der Waals surface area contributed by atoms with Crippen molar-refractivity contribution in [1.82, 2.24) is 10.5 Å². The van der Waals surface area contributed by atoms with E-state index in [9.17, 15) is 9.90 Å². The number of aliphatic hydroxyl groups is 1. The third-order valence-electron chi connectivity index (χ3n) is 2.15. The lowest BCUT2D eigenvalue weighted by Crippen LogP contribution is -2.41. The number of aromatic nitrogens is 1. The number of hydrogen-bond donors (Lipinski definition) is 2. The van der Waals surface area contributed by atoms with Gasteiger partial charge in [0.2, 0.25) is 0 Å². The summed E-state index contributed by atoms with van der Waals surface area (Å²) in [7, 11) is 1.56. The van der Waals surface area contributed by atoms with Gasteiger partial charge < -0.3 is 19.7 Å². The van der Waals surface area contributed by atoms with E-state index in [2.05, 4.69) is 15.0 Å². The van der Waals surface area contributed by atoms with Crippen molar-refractivity contribution >= 4 is 5.91 Å². The van der Waals surface area contributed by atoms with Crippen LogP contribution in [0, 0.1) is 0 Å². The van der Waals surface area contributed by atoms with E-state index >= 15 is 0 Å². The molecule has 0 aliphatic carbocycles. The number of rotatable bonds is 6. The lowest BCUT2D eigenvalue weighted by atomic mass is 10.0. The summed E-state index contributed by atoms with van der Waals surface area (Å²) >= 11 is 0. The van der Waals surface area contributed by atoms with Crippen molar-refractivity contribution in [2.45, 2.75) is 18.9 Å². The molecule has 0 aliphatic heterocycles. The highest BCUT2D eigenvalue weighted by molar-refractivity contribution is 5.91. The molecule has 0 aromatic carbocycles. The van der Waals surface area contributed by atoms with Crippen molar-refractivity contribution in [3.63, 3.8) is 0 Å². The van der Waals surface area contributed by atoms with Gasteiger partial charge in [-0.1, -0.05) is 5.16 Å². The lowest BCUT2D eigenvalue weighted by Gasteiger charge is -2.22. The normalized spacial score (nSPS) is 14.4. The monoisotopic (exact) mass is 228 g/mol. The van der Waals surface area contributed by atoms with E-state index in [-0.39, 0.29) is 18.1 Å². The van der Waals surface area contributed by atoms with Crippen molar-refractivity contribution in [3.8, 4) is 0 Å². The first-order valence-corrected chi connectivity index (χ1v) is 4.95. The Kier molecular flexibility index (Phi) is 4.45. The Balaban J connectivity index is 2.36. The van der Waals surface area contributed by atoms with Gasteiger partial charge in [0.05, 0.1) is 5.60 Å². The van der Waals surface area contributed by atoms with Gasteiger partial charge in [-0.25, -0.2) is 0 Å². The van der Waals surface area contributed by atoms with E-state index < -0.39 is 5.60 Å². The first kappa shape index (κ1) is 12.7. The highest BCUT2D eigenvalue weighted by Crippen LogP contribution is 2.07. The number of carbonyl (C=O) groups excluding carboxylic acids is 1. The van der Waals surface area contributed by atoms with Crippen molar-refractivity contribution in [2.24, 2.45) is 0 Å². The second kappa shape index (κ2) is 5.62. The minimum atomic E-state index is -0.991. The van der Waals surface area contributed by atoms with Gasteiger partial charge in [0.25, 0.3) is 5.91 Å². The van der Waals surface area contributed by atoms with Crippen molar-refractivity contribution in [3.05, 3.63) is 18.0 Å². The minimum Gasteiger partial charge on any atom is -0.388 e. The summed E-state index contributed by atoms with van der Waals surface area (Å²) in [6, 6.07) is 1.46. The quantitative estimate of drug-likeness (QED) is 0.726. The summed E-state index contributed by atoms with van der Waals surface area (Å²) < 4.78 is 9.40. The van der Waals surface area contributed by atoms with E-state index in [0.717, 1.165) is 0 Å². The molecule has 1 amide bonds. The standard InChI is InChI=1S/C10H16N2O4/c1-10(14,4-6-15-2)7-11-9(13)8-3-5-16-12-8/h3,5,14H,4,6-7H2,1-2H3,(H,11,13). The second-order valence-electron chi connectivity index (χ2n) is 3.81. The largest absolute Gasteiger partial charge is 0.388 e. The zero-order chi connectivity index (χ0) is 12.0. The average Bonchev–Trinajstić information content (AvgIpc) is 2.77. The molecule has 0 fully saturated rings. The zero-order valence-corrected chi connectivity index (χ0v) is 9.40. The molecule has 1 aromatic heterocycles. The van der Waals surface area contributed by atoms with Crippen molar-refractivity contribution in [1.29, 1.82) is 0 Å². The molecule has 1 aromatic rings. The molecule has 1 rings (SSSR count). The van der Waals surface area contributed by atoms with Crippen LogP contribution in [0.3, 0.4) is 0 Å². The fourth-order valence-electron chi connectivity index (χ4n) is 1.10. The number of ether oxygens (including phenoxy) is 1. The minimum absolute atomic E-state index is 0.141. The van der Waals surface area contributed by atoms with Gasteiger partial charge >= 0.3 is 0 Å². The molecule has 6 nitrogen and oxygen atoms in total. The van der Waals surface area contributed by atoms with Gasteiger partial charge in [-0.3, -0.25) is 4.79 Å². The summed E-state index contributed by atoms with van der Waals surface area (Å²) in [5, 5.41) is 15.9. The molecule has 90 valence electrons. The van der Waals surface area contributed by atoms with Crippen LogP contribution >= 0.6 is 0 Å². The first-order chi connectivity index (χ1) is 7.55. The molecule has 6 heteroatoms. The fraction of sp³-hybridized carbons (Fsp3) is 0.600. The maximum Gasteiger partial charge on any atom is 0.273 e. The van der Waals surface area contributed by atoms with Gasteiger partial charge in [-0.2, -0.15) is 0 Å². The number of amides is 1. The Morgan fingerprint density at radius 2 is 2.50 bits per heavy atom. The molecule has 0 aliphatic rings. The molecule has 16 heavy (non-hydrogen) atoms. The molecule has 0 bridgehead atoms. The smallest absolute Gasteiger partial charge is 0.273 e. The van der Waals surface area contributed by atoms with Crippen LogP contribution in [0.5, 0.6) is 0 Å². The predicted octanol–water partition coefficient (Wildman–Crippen LogP) is 0.192. The van der Waals surface area contributed by atoms with E-state index in [1.54, 1.807) is 14.0 Å². The van der Waals surface area contributed by atoms with Crippen LogP contribution in [0.2, 0.25) is 0 Å². The molecule has 1 heterocycles. The van der Waals surface area contributed by atoms with Gasteiger partial charge in [-0.05, 0) is 6.92 Å². The molecule has 0 spiro atoms.